The zero-order valence-electron chi connectivity index (χ0n) is 17.3. The van der Waals surface area contributed by atoms with Crippen molar-refractivity contribution in [3.63, 3.8) is 0 Å². The summed E-state index contributed by atoms with van der Waals surface area (Å²) in [5, 5.41) is 0.826. The third-order valence-corrected chi connectivity index (χ3v) is 5.88. The zero-order valence-corrected chi connectivity index (χ0v) is 18.1. The molecule has 2 saturated heterocycles. The van der Waals surface area contributed by atoms with Gasteiger partial charge in [-0.2, -0.15) is 0 Å². The van der Waals surface area contributed by atoms with E-state index in [2.05, 4.69) is 17.9 Å². The molecule has 1 unspecified atom stereocenters. The summed E-state index contributed by atoms with van der Waals surface area (Å²) in [5.41, 5.74) is 1.18. The molecular formula is C22H33ClN2O3. The molecule has 2 aliphatic heterocycles. The molecule has 156 valence electrons. The fourth-order valence-electron chi connectivity index (χ4n) is 4.15. The molecule has 0 radical (unpaired) electrons. The number of hydrogen-bond donors (Lipinski definition) is 0. The highest BCUT2D eigenvalue weighted by atomic mass is 35.5. The normalized spacial score (nSPS) is 21.4. The van der Waals surface area contributed by atoms with Crippen LogP contribution in [-0.2, 0) is 11.2 Å². The van der Waals surface area contributed by atoms with Gasteiger partial charge >= 0.3 is 6.09 Å². The number of cyclic esters (lactones) is 1. The van der Waals surface area contributed by atoms with Crippen LogP contribution in [0.15, 0.2) is 18.2 Å². The highest BCUT2D eigenvalue weighted by Gasteiger charge is 2.32. The first-order valence-electron chi connectivity index (χ1n) is 10.6. The Morgan fingerprint density at radius 3 is 2.71 bits per heavy atom. The molecule has 0 aromatic heterocycles. The number of rotatable bonds is 8. The molecule has 0 saturated carbocycles. The maximum absolute atomic E-state index is 11.9. The zero-order chi connectivity index (χ0) is 20.1. The van der Waals surface area contributed by atoms with Crippen molar-refractivity contribution in [2.45, 2.75) is 58.7 Å². The summed E-state index contributed by atoms with van der Waals surface area (Å²) in [5.74, 6) is 1.53. The van der Waals surface area contributed by atoms with E-state index in [4.69, 9.17) is 21.1 Å². The number of likely N-dealkylation sites (tertiary alicyclic amines) is 1. The van der Waals surface area contributed by atoms with Gasteiger partial charge in [0.2, 0.25) is 0 Å². The summed E-state index contributed by atoms with van der Waals surface area (Å²) in [4.78, 5) is 16.1. The number of hydrogen-bond acceptors (Lipinski definition) is 4. The van der Waals surface area contributed by atoms with Gasteiger partial charge in [0.15, 0.2) is 0 Å². The number of halogens is 1. The molecule has 1 aromatic carbocycles. The predicted octanol–water partition coefficient (Wildman–Crippen LogP) is 4.61. The Hall–Kier alpha value is -1.46. The molecule has 2 aliphatic rings. The first kappa shape index (κ1) is 21.3. The van der Waals surface area contributed by atoms with Crippen molar-refractivity contribution < 1.29 is 14.3 Å². The number of benzene rings is 1. The summed E-state index contributed by atoms with van der Waals surface area (Å²) in [6, 6.07) is 5.98. The van der Waals surface area contributed by atoms with Crippen LogP contribution < -0.4 is 4.74 Å². The molecule has 28 heavy (non-hydrogen) atoms. The molecule has 1 aromatic rings. The van der Waals surface area contributed by atoms with Crippen molar-refractivity contribution in [1.82, 2.24) is 9.80 Å². The van der Waals surface area contributed by atoms with Gasteiger partial charge in [0.25, 0.3) is 0 Å². The Kier molecular flexibility index (Phi) is 7.47. The number of ether oxygens (including phenoxy) is 2. The quantitative estimate of drug-likeness (QED) is 0.629. The monoisotopic (exact) mass is 408 g/mol. The molecule has 1 amide bonds. The lowest BCUT2D eigenvalue weighted by atomic mass is 9.90. The van der Waals surface area contributed by atoms with Crippen LogP contribution in [0.4, 0.5) is 4.79 Å². The third-order valence-electron chi connectivity index (χ3n) is 5.51. The minimum Gasteiger partial charge on any atom is -0.491 e. The van der Waals surface area contributed by atoms with Crippen molar-refractivity contribution in [3.8, 4) is 5.75 Å². The lowest BCUT2D eigenvalue weighted by Gasteiger charge is -2.33. The maximum Gasteiger partial charge on any atom is 0.410 e. The molecule has 6 heteroatoms. The Labute approximate surface area is 173 Å². The molecule has 0 spiro atoms. The first-order chi connectivity index (χ1) is 13.4. The van der Waals surface area contributed by atoms with Crippen LogP contribution in [0, 0.1) is 5.92 Å². The van der Waals surface area contributed by atoms with E-state index in [1.165, 1.54) is 5.56 Å². The first-order valence-corrected chi connectivity index (χ1v) is 11.0. The summed E-state index contributed by atoms with van der Waals surface area (Å²) in [6.45, 7) is 10.6. The number of carbonyl (C=O) groups excluding carboxylic acids is 1. The molecule has 1 atom stereocenters. The Morgan fingerprint density at radius 2 is 2.04 bits per heavy atom. The smallest absolute Gasteiger partial charge is 0.410 e. The predicted molar refractivity (Wildman–Crippen MR) is 112 cm³/mol. The molecular weight excluding hydrogens is 376 g/mol. The Morgan fingerprint density at radius 1 is 1.29 bits per heavy atom. The molecule has 0 bridgehead atoms. The number of nitrogens with zero attached hydrogens (tertiary/aromatic N) is 2. The van der Waals surface area contributed by atoms with Crippen LogP contribution >= 0.6 is 11.6 Å². The van der Waals surface area contributed by atoms with Crippen LogP contribution in [-0.4, -0.2) is 60.8 Å². The summed E-state index contributed by atoms with van der Waals surface area (Å²) < 4.78 is 11.3. The number of amides is 1. The second-order valence-electron chi connectivity index (χ2n) is 8.32. The van der Waals surface area contributed by atoms with E-state index in [0.29, 0.717) is 5.92 Å². The average Bonchev–Trinajstić information content (AvgIpc) is 2.98. The van der Waals surface area contributed by atoms with Crippen molar-refractivity contribution in [1.29, 1.82) is 0 Å². The molecule has 3 rings (SSSR count). The lowest BCUT2D eigenvalue weighted by Crippen LogP contribution is -2.40. The van der Waals surface area contributed by atoms with E-state index in [1.807, 2.05) is 30.9 Å². The van der Waals surface area contributed by atoms with Crippen LogP contribution in [0.1, 0.15) is 45.6 Å². The highest BCUT2D eigenvalue weighted by molar-refractivity contribution is 6.31. The second-order valence-corrected chi connectivity index (χ2v) is 8.73. The van der Waals surface area contributed by atoms with Crippen LogP contribution in [0.5, 0.6) is 5.75 Å². The SMILES string of the molecule is CCCN1CC(CN2CCC(Cc3cc(OC(C)C)ccc3Cl)CC2)OC1=O. The van der Waals surface area contributed by atoms with E-state index < -0.39 is 0 Å². The summed E-state index contributed by atoms with van der Waals surface area (Å²) in [6.07, 6.45) is 4.27. The molecule has 2 fully saturated rings. The van der Waals surface area contributed by atoms with Gasteiger partial charge in [-0.25, -0.2) is 4.79 Å². The van der Waals surface area contributed by atoms with Crippen molar-refractivity contribution in [2.24, 2.45) is 5.92 Å². The van der Waals surface area contributed by atoms with E-state index in [1.54, 1.807) is 0 Å². The Balaban J connectivity index is 1.46. The van der Waals surface area contributed by atoms with E-state index >= 15 is 0 Å². The van der Waals surface area contributed by atoms with Gasteiger partial charge in [0, 0.05) is 18.1 Å². The van der Waals surface area contributed by atoms with Gasteiger partial charge in [0.05, 0.1) is 12.6 Å². The van der Waals surface area contributed by atoms with Crippen LogP contribution in [0.2, 0.25) is 5.02 Å². The molecule has 0 aliphatic carbocycles. The summed E-state index contributed by atoms with van der Waals surface area (Å²) in [7, 11) is 0. The topological polar surface area (TPSA) is 42.0 Å². The second kappa shape index (κ2) is 9.84. The van der Waals surface area contributed by atoms with Gasteiger partial charge in [-0.1, -0.05) is 18.5 Å². The Bertz CT molecular complexity index is 659. The van der Waals surface area contributed by atoms with E-state index in [0.717, 1.165) is 69.2 Å². The van der Waals surface area contributed by atoms with Crippen molar-refractivity contribution in [3.05, 3.63) is 28.8 Å². The average molecular weight is 409 g/mol. The van der Waals surface area contributed by atoms with E-state index in [9.17, 15) is 4.79 Å². The van der Waals surface area contributed by atoms with Crippen molar-refractivity contribution >= 4 is 17.7 Å². The number of piperidine rings is 1. The fraction of sp³-hybridized carbons (Fsp3) is 0.682. The minimum atomic E-state index is -0.153. The van der Waals surface area contributed by atoms with Gasteiger partial charge in [-0.3, -0.25) is 4.90 Å². The fourth-order valence-corrected chi connectivity index (χ4v) is 4.34. The van der Waals surface area contributed by atoms with Crippen LogP contribution in [0.3, 0.4) is 0 Å². The third kappa shape index (κ3) is 5.77. The molecule has 0 N–H and O–H groups in total. The van der Waals surface area contributed by atoms with Gasteiger partial charge in [0.1, 0.15) is 11.9 Å². The minimum absolute atomic E-state index is 0.00917. The molecule has 2 heterocycles. The lowest BCUT2D eigenvalue weighted by molar-refractivity contribution is 0.0904. The summed E-state index contributed by atoms with van der Waals surface area (Å²) >= 11 is 6.43. The van der Waals surface area contributed by atoms with Crippen molar-refractivity contribution in [2.75, 3.05) is 32.7 Å². The number of carbonyl (C=O) groups is 1. The van der Waals surface area contributed by atoms with Gasteiger partial charge in [-0.05, 0) is 82.3 Å². The van der Waals surface area contributed by atoms with Crippen LogP contribution in [0.25, 0.3) is 0 Å². The van der Waals surface area contributed by atoms with Gasteiger partial charge in [-0.15, -0.1) is 0 Å². The van der Waals surface area contributed by atoms with E-state index in [-0.39, 0.29) is 18.3 Å². The highest BCUT2D eigenvalue weighted by Crippen LogP contribution is 2.29. The largest absolute Gasteiger partial charge is 0.491 e. The standard InChI is InChI=1S/C22H33ClN2O3/c1-4-9-25-15-20(28-22(25)26)14-24-10-7-17(8-11-24)12-18-13-19(27-16(2)3)5-6-21(18)23/h5-6,13,16-17,20H,4,7-12,14-15H2,1-3H3. The molecule has 5 nitrogen and oxygen atoms in total. The van der Waals surface area contributed by atoms with Gasteiger partial charge < -0.3 is 14.4 Å². The maximum atomic E-state index is 11.9.